The lowest BCUT2D eigenvalue weighted by molar-refractivity contribution is 0.102. The Balaban J connectivity index is 1.98. The molecule has 0 unspecified atom stereocenters. The number of ether oxygens (including phenoxy) is 1. The van der Waals surface area contributed by atoms with Crippen molar-refractivity contribution in [3.63, 3.8) is 0 Å². The zero-order valence-corrected chi connectivity index (χ0v) is 12.1. The first kappa shape index (κ1) is 14.8. The van der Waals surface area contributed by atoms with Crippen LogP contribution in [0.5, 0.6) is 5.75 Å². The number of anilines is 2. The molecule has 0 aliphatic rings. The van der Waals surface area contributed by atoms with Gasteiger partial charge in [-0.25, -0.2) is 9.97 Å². The number of benzene rings is 1. The summed E-state index contributed by atoms with van der Waals surface area (Å²) in [6, 6.07) is 7.11. The molecule has 0 bridgehead atoms. The van der Waals surface area contributed by atoms with E-state index in [1.165, 1.54) is 12.4 Å². The molecule has 1 aromatic heterocycles. The summed E-state index contributed by atoms with van der Waals surface area (Å²) < 4.78 is 5.06. The molecule has 1 heterocycles. The zero-order chi connectivity index (χ0) is 15.1. The Morgan fingerprint density at radius 3 is 2.43 bits per heavy atom. The highest BCUT2D eigenvalue weighted by Crippen LogP contribution is 2.15. The third-order valence-electron chi connectivity index (χ3n) is 2.80. The van der Waals surface area contributed by atoms with E-state index in [-0.39, 0.29) is 5.91 Å². The summed E-state index contributed by atoms with van der Waals surface area (Å²) in [6.07, 6.45) is 4.00. The molecule has 2 rings (SSSR count). The van der Waals surface area contributed by atoms with Crippen LogP contribution in [0.15, 0.2) is 36.7 Å². The first-order valence-corrected chi connectivity index (χ1v) is 6.74. The maximum atomic E-state index is 12.1. The number of amides is 1. The molecule has 0 radical (unpaired) electrons. The van der Waals surface area contributed by atoms with Crippen molar-refractivity contribution in [2.75, 3.05) is 24.3 Å². The van der Waals surface area contributed by atoms with Crippen molar-refractivity contribution < 1.29 is 9.53 Å². The van der Waals surface area contributed by atoms with Gasteiger partial charge in [0.15, 0.2) is 0 Å². The largest absolute Gasteiger partial charge is 0.497 e. The van der Waals surface area contributed by atoms with Crippen LogP contribution < -0.4 is 15.4 Å². The standard InChI is InChI=1S/C15H18N4O2/c1-3-8-16-15-17-9-11(10-18-15)14(20)19-12-4-6-13(21-2)7-5-12/h4-7,9-10H,3,8H2,1-2H3,(H,19,20)(H,16,17,18). The smallest absolute Gasteiger partial charge is 0.258 e. The van der Waals surface area contributed by atoms with E-state index in [0.29, 0.717) is 17.2 Å². The first-order valence-electron chi connectivity index (χ1n) is 6.74. The molecule has 110 valence electrons. The van der Waals surface area contributed by atoms with E-state index in [4.69, 9.17) is 4.74 Å². The number of carbonyl (C=O) groups is 1. The fourth-order valence-electron chi connectivity index (χ4n) is 1.65. The van der Waals surface area contributed by atoms with Crippen LogP contribution in [0.3, 0.4) is 0 Å². The quantitative estimate of drug-likeness (QED) is 0.853. The van der Waals surface area contributed by atoms with Crippen LogP contribution >= 0.6 is 0 Å². The van der Waals surface area contributed by atoms with Gasteiger partial charge in [-0.1, -0.05) is 6.92 Å². The van der Waals surface area contributed by atoms with E-state index < -0.39 is 0 Å². The molecule has 1 aromatic carbocycles. The van der Waals surface area contributed by atoms with Crippen molar-refractivity contribution in [2.24, 2.45) is 0 Å². The number of carbonyl (C=O) groups excluding carboxylic acids is 1. The molecule has 0 fully saturated rings. The normalized spacial score (nSPS) is 10.0. The monoisotopic (exact) mass is 286 g/mol. The van der Waals surface area contributed by atoms with Gasteiger partial charge >= 0.3 is 0 Å². The fourth-order valence-corrected chi connectivity index (χ4v) is 1.65. The van der Waals surface area contributed by atoms with Gasteiger partial charge in [-0.3, -0.25) is 4.79 Å². The summed E-state index contributed by atoms with van der Waals surface area (Å²) in [5, 5.41) is 5.83. The van der Waals surface area contributed by atoms with E-state index in [9.17, 15) is 4.79 Å². The second kappa shape index (κ2) is 7.23. The topological polar surface area (TPSA) is 76.1 Å². The molecule has 0 aliphatic heterocycles. The van der Waals surface area contributed by atoms with Crippen LogP contribution in [0.1, 0.15) is 23.7 Å². The van der Waals surface area contributed by atoms with Crippen LogP contribution in [0.2, 0.25) is 0 Å². The molecule has 6 nitrogen and oxygen atoms in total. The number of hydrogen-bond acceptors (Lipinski definition) is 5. The Labute approximate surface area is 123 Å². The van der Waals surface area contributed by atoms with Crippen LogP contribution in [0, 0.1) is 0 Å². The average Bonchev–Trinajstić information content (AvgIpc) is 2.54. The van der Waals surface area contributed by atoms with Crippen molar-refractivity contribution in [2.45, 2.75) is 13.3 Å². The lowest BCUT2D eigenvalue weighted by atomic mass is 10.2. The molecule has 0 atom stereocenters. The van der Waals surface area contributed by atoms with E-state index >= 15 is 0 Å². The van der Waals surface area contributed by atoms with Gasteiger partial charge in [0, 0.05) is 24.6 Å². The van der Waals surface area contributed by atoms with Gasteiger partial charge in [0.2, 0.25) is 5.95 Å². The maximum Gasteiger partial charge on any atom is 0.258 e. The predicted molar refractivity (Wildman–Crippen MR) is 81.8 cm³/mol. The van der Waals surface area contributed by atoms with Crippen LogP contribution in [0.4, 0.5) is 11.6 Å². The second-order valence-corrected chi connectivity index (χ2v) is 4.40. The van der Waals surface area contributed by atoms with Gasteiger partial charge in [-0.15, -0.1) is 0 Å². The van der Waals surface area contributed by atoms with Gasteiger partial charge in [-0.2, -0.15) is 0 Å². The minimum atomic E-state index is -0.248. The summed E-state index contributed by atoms with van der Waals surface area (Å²) in [7, 11) is 1.60. The summed E-state index contributed by atoms with van der Waals surface area (Å²) in [6.45, 7) is 2.86. The number of methoxy groups -OCH3 is 1. The number of hydrogen-bond donors (Lipinski definition) is 2. The van der Waals surface area contributed by atoms with Crippen molar-refractivity contribution in [3.05, 3.63) is 42.2 Å². The van der Waals surface area contributed by atoms with Gasteiger partial charge in [0.1, 0.15) is 5.75 Å². The molecule has 21 heavy (non-hydrogen) atoms. The third-order valence-corrected chi connectivity index (χ3v) is 2.80. The Hall–Kier alpha value is -2.63. The zero-order valence-electron chi connectivity index (χ0n) is 12.1. The summed E-state index contributed by atoms with van der Waals surface area (Å²) >= 11 is 0. The lowest BCUT2D eigenvalue weighted by Gasteiger charge is -2.07. The van der Waals surface area contributed by atoms with E-state index in [2.05, 4.69) is 27.5 Å². The lowest BCUT2D eigenvalue weighted by Crippen LogP contribution is -2.13. The van der Waals surface area contributed by atoms with E-state index in [1.54, 1.807) is 31.4 Å². The minimum Gasteiger partial charge on any atom is -0.497 e. The molecular weight excluding hydrogens is 268 g/mol. The number of nitrogens with zero attached hydrogens (tertiary/aromatic N) is 2. The highest BCUT2D eigenvalue weighted by Gasteiger charge is 2.07. The molecule has 0 saturated carbocycles. The Morgan fingerprint density at radius 2 is 1.86 bits per heavy atom. The van der Waals surface area contributed by atoms with Crippen LogP contribution in [0.25, 0.3) is 0 Å². The maximum absolute atomic E-state index is 12.1. The van der Waals surface area contributed by atoms with Crippen molar-refractivity contribution >= 4 is 17.5 Å². The van der Waals surface area contributed by atoms with Crippen molar-refractivity contribution in [1.82, 2.24) is 9.97 Å². The number of nitrogens with one attached hydrogen (secondary N) is 2. The van der Waals surface area contributed by atoms with Crippen LogP contribution in [-0.2, 0) is 0 Å². The number of rotatable bonds is 6. The summed E-state index contributed by atoms with van der Waals surface area (Å²) in [4.78, 5) is 20.3. The minimum absolute atomic E-state index is 0.248. The molecule has 2 aromatic rings. The predicted octanol–water partition coefficient (Wildman–Crippen LogP) is 2.56. The third kappa shape index (κ3) is 4.17. The molecule has 0 saturated heterocycles. The van der Waals surface area contributed by atoms with E-state index in [0.717, 1.165) is 18.7 Å². The molecule has 1 amide bonds. The molecule has 0 spiro atoms. The molecular formula is C15H18N4O2. The Kier molecular flexibility index (Phi) is 5.09. The Bertz CT molecular complexity index is 582. The summed E-state index contributed by atoms with van der Waals surface area (Å²) in [5.41, 5.74) is 1.10. The number of aromatic nitrogens is 2. The van der Waals surface area contributed by atoms with Crippen LogP contribution in [-0.4, -0.2) is 29.5 Å². The molecule has 6 heteroatoms. The highest BCUT2D eigenvalue weighted by atomic mass is 16.5. The van der Waals surface area contributed by atoms with E-state index in [1.807, 2.05) is 0 Å². The first-order chi connectivity index (χ1) is 10.2. The van der Waals surface area contributed by atoms with Crippen molar-refractivity contribution in [3.8, 4) is 5.75 Å². The van der Waals surface area contributed by atoms with Gasteiger partial charge in [0.25, 0.3) is 5.91 Å². The van der Waals surface area contributed by atoms with Gasteiger partial charge in [0.05, 0.1) is 12.7 Å². The Morgan fingerprint density at radius 1 is 1.19 bits per heavy atom. The summed E-state index contributed by atoms with van der Waals surface area (Å²) in [5.74, 6) is 1.02. The highest BCUT2D eigenvalue weighted by molar-refractivity contribution is 6.03. The molecule has 2 N–H and O–H groups in total. The van der Waals surface area contributed by atoms with Gasteiger partial charge < -0.3 is 15.4 Å². The molecule has 0 aliphatic carbocycles. The second-order valence-electron chi connectivity index (χ2n) is 4.40. The average molecular weight is 286 g/mol. The van der Waals surface area contributed by atoms with Gasteiger partial charge in [-0.05, 0) is 30.7 Å². The van der Waals surface area contributed by atoms with Crippen molar-refractivity contribution in [1.29, 1.82) is 0 Å². The SMILES string of the molecule is CCCNc1ncc(C(=O)Nc2ccc(OC)cc2)cn1. The fraction of sp³-hybridized carbons (Fsp3) is 0.267.